The Morgan fingerprint density at radius 3 is 1.14 bits per heavy atom. The second-order valence-corrected chi connectivity index (χ2v) is 0.283. The van der Waals surface area contributed by atoms with E-state index in [0.29, 0.717) is 0 Å². The van der Waals surface area contributed by atoms with Gasteiger partial charge in [-0.05, 0) is 0 Å². The Bertz CT molecular complexity index is 32.7. The minimum absolute atomic E-state index is 0. The van der Waals surface area contributed by atoms with E-state index in [2.05, 4.69) is 0 Å². The average molecular weight is 124 g/mol. The maximum atomic E-state index is 8.56. The Kier molecular flexibility index (Phi) is 53.9. The number of rotatable bonds is 0. The van der Waals surface area contributed by atoms with Gasteiger partial charge in [0.25, 0.3) is 0 Å². The van der Waals surface area contributed by atoms with Gasteiger partial charge < -0.3 is 15.7 Å². The van der Waals surface area contributed by atoms with Crippen LogP contribution in [0.3, 0.4) is 0 Å². The summed E-state index contributed by atoms with van der Waals surface area (Å²) < 4.78 is 0. The van der Waals surface area contributed by atoms with E-state index < -0.39 is 6.16 Å². The van der Waals surface area contributed by atoms with Gasteiger partial charge in [-0.2, -0.15) is 0 Å². The van der Waals surface area contributed by atoms with Gasteiger partial charge in [-0.1, -0.05) is 0 Å². The van der Waals surface area contributed by atoms with Gasteiger partial charge in [0.2, 0.25) is 0 Å². The second-order valence-electron chi connectivity index (χ2n) is 0.283. The minimum atomic E-state index is -1.83. The van der Waals surface area contributed by atoms with Crippen molar-refractivity contribution in [2.24, 2.45) is 0 Å². The fourth-order valence-electron chi connectivity index (χ4n) is 0. The Morgan fingerprint density at radius 1 is 1.14 bits per heavy atom. The molecule has 0 aromatic carbocycles. The Hall–Kier alpha value is 1.23. The molecule has 0 aromatic rings. The third kappa shape index (κ3) is 131. The van der Waals surface area contributed by atoms with Crippen LogP contribution in [-0.4, -0.2) is 16.4 Å². The first kappa shape index (κ1) is 24.0. The van der Waals surface area contributed by atoms with Crippen molar-refractivity contribution >= 4 is 6.16 Å². The molecule has 0 saturated carbocycles. The van der Waals surface area contributed by atoms with Crippen LogP contribution < -0.4 is 59.1 Å². The van der Waals surface area contributed by atoms with Gasteiger partial charge in [-0.3, -0.25) is 0 Å². The zero-order valence-corrected chi connectivity index (χ0v) is 8.21. The van der Waals surface area contributed by atoms with Crippen molar-refractivity contribution in [3.63, 3.8) is 0 Å². The van der Waals surface area contributed by atoms with Crippen molar-refractivity contribution in [1.82, 2.24) is 0 Å². The van der Waals surface area contributed by atoms with Crippen molar-refractivity contribution in [2.75, 3.05) is 0 Å². The third-order valence-electron chi connectivity index (χ3n) is 0. The van der Waals surface area contributed by atoms with Crippen LogP contribution in [0.1, 0.15) is 0 Å². The summed E-state index contributed by atoms with van der Waals surface area (Å²) in [5.74, 6) is 0. The molecule has 0 rings (SSSR count). The van der Waals surface area contributed by atoms with E-state index in [9.17, 15) is 0 Å². The van der Waals surface area contributed by atoms with Crippen LogP contribution >= 0.6 is 0 Å². The number of carboxylic acid groups (broad SMARTS) is 2. The van der Waals surface area contributed by atoms with Crippen LogP contribution in [0.5, 0.6) is 0 Å². The largest absolute Gasteiger partial charge is 2.00 e. The molecule has 0 aliphatic rings. The summed E-state index contributed by atoms with van der Waals surface area (Å²) in [6.45, 7) is 0. The maximum Gasteiger partial charge on any atom is 1.00 e. The summed E-state index contributed by atoms with van der Waals surface area (Å²) in [5.41, 5.74) is 0. The first-order valence-corrected chi connectivity index (χ1v) is 0.651. The standard InChI is InChI=1S/CH2O3.2Na.O/c2-1(3)4;;;/h(H2,2,3,4);;;/q;2*+1;-2. The smallest absolute Gasteiger partial charge is 1.00 e. The van der Waals surface area contributed by atoms with Gasteiger partial charge in [0.05, 0.1) is 0 Å². The summed E-state index contributed by atoms with van der Waals surface area (Å²) in [5, 5.41) is 13.9. The molecule has 2 N–H and O–H groups in total. The zero-order chi connectivity index (χ0) is 3.58. The van der Waals surface area contributed by atoms with Crippen LogP contribution in [-0.2, 0) is 5.48 Å². The van der Waals surface area contributed by atoms with Gasteiger partial charge in [0.1, 0.15) is 0 Å². The van der Waals surface area contributed by atoms with Crippen molar-refractivity contribution in [1.29, 1.82) is 0 Å². The molecule has 0 radical (unpaired) electrons. The van der Waals surface area contributed by atoms with E-state index >= 15 is 0 Å². The van der Waals surface area contributed by atoms with E-state index in [0.717, 1.165) is 0 Å². The first-order valence-electron chi connectivity index (χ1n) is 0.651. The normalized spacial score (nSPS) is 3.43. The van der Waals surface area contributed by atoms with Gasteiger partial charge in [-0.15, -0.1) is 0 Å². The fraction of sp³-hybridized carbons (Fsp3) is 0. The van der Waals surface area contributed by atoms with Crippen molar-refractivity contribution in [3.8, 4) is 0 Å². The van der Waals surface area contributed by atoms with Crippen molar-refractivity contribution < 1.29 is 79.6 Å². The summed E-state index contributed by atoms with van der Waals surface area (Å²) in [4.78, 5) is 8.56. The fourth-order valence-corrected chi connectivity index (χ4v) is 0. The predicted octanol–water partition coefficient (Wildman–Crippen LogP) is -5.89. The van der Waals surface area contributed by atoms with Crippen LogP contribution in [0, 0.1) is 0 Å². The molecule has 0 unspecified atom stereocenters. The molecule has 32 valence electrons. The van der Waals surface area contributed by atoms with Gasteiger partial charge in [-0.25, -0.2) is 4.79 Å². The number of hydrogen-bond donors (Lipinski definition) is 2. The van der Waals surface area contributed by atoms with Crippen LogP contribution in [0.4, 0.5) is 4.79 Å². The monoisotopic (exact) mass is 124 g/mol. The third-order valence-corrected chi connectivity index (χ3v) is 0. The van der Waals surface area contributed by atoms with Crippen LogP contribution in [0.15, 0.2) is 0 Å². The second kappa shape index (κ2) is 15.7. The van der Waals surface area contributed by atoms with E-state index in [1.165, 1.54) is 0 Å². The van der Waals surface area contributed by atoms with Crippen molar-refractivity contribution in [2.45, 2.75) is 0 Å². The predicted molar refractivity (Wildman–Crippen MR) is 11.3 cm³/mol. The average Bonchev–Trinajstić information content (AvgIpc) is 0.811. The maximum absolute atomic E-state index is 8.56. The van der Waals surface area contributed by atoms with E-state index in [-0.39, 0.29) is 64.6 Å². The van der Waals surface area contributed by atoms with Crippen molar-refractivity contribution in [3.05, 3.63) is 0 Å². The number of hydrogen-bond acceptors (Lipinski definition) is 1. The molecule has 0 aliphatic heterocycles. The molecule has 0 bridgehead atoms. The van der Waals surface area contributed by atoms with E-state index in [4.69, 9.17) is 15.0 Å². The molecule has 0 amide bonds. The molecular weight excluding hydrogens is 122 g/mol. The molecule has 0 spiro atoms. The minimum Gasteiger partial charge on any atom is -2.00 e. The summed E-state index contributed by atoms with van der Waals surface area (Å²) in [6, 6.07) is 0. The van der Waals surface area contributed by atoms with Gasteiger partial charge >= 0.3 is 65.3 Å². The molecule has 7 heavy (non-hydrogen) atoms. The molecule has 0 aromatic heterocycles. The summed E-state index contributed by atoms with van der Waals surface area (Å²) in [6.07, 6.45) is -1.83. The Labute approximate surface area is 84.8 Å². The number of carbonyl (C=O) groups is 1. The molecule has 0 heterocycles. The SMILES string of the molecule is O=C(O)O.[Na+].[Na+].[O-2]. The van der Waals surface area contributed by atoms with E-state index in [1.807, 2.05) is 0 Å². The van der Waals surface area contributed by atoms with Gasteiger partial charge in [0, 0.05) is 0 Å². The molecule has 0 saturated heterocycles. The quantitative estimate of drug-likeness (QED) is 0.315. The molecule has 0 aliphatic carbocycles. The topological polar surface area (TPSA) is 86.0 Å². The molecule has 0 fully saturated rings. The van der Waals surface area contributed by atoms with Crippen LogP contribution in [0.2, 0.25) is 0 Å². The molecule has 4 nitrogen and oxygen atoms in total. The summed E-state index contributed by atoms with van der Waals surface area (Å²) in [7, 11) is 0. The van der Waals surface area contributed by atoms with Crippen LogP contribution in [0.25, 0.3) is 0 Å². The molecule has 6 heteroatoms. The van der Waals surface area contributed by atoms with E-state index in [1.54, 1.807) is 0 Å². The Balaban J connectivity index is -0.0000000150. The first-order chi connectivity index (χ1) is 1.73. The summed E-state index contributed by atoms with van der Waals surface area (Å²) >= 11 is 0. The zero-order valence-electron chi connectivity index (χ0n) is 4.21. The Morgan fingerprint density at radius 2 is 1.14 bits per heavy atom. The molecule has 0 atom stereocenters. The molecular formula is CH2Na2O4. The van der Waals surface area contributed by atoms with Gasteiger partial charge in [0.15, 0.2) is 0 Å².